The average Bonchev–Trinajstić information content (AvgIpc) is 2.63. The summed E-state index contributed by atoms with van der Waals surface area (Å²) >= 11 is 0. The van der Waals surface area contributed by atoms with Crippen molar-refractivity contribution in [2.45, 2.75) is 32.9 Å². The average molecular weight is 395 g/mol. The Labute approximate surface area is 166 Å². The second-order valence-corrected chi connectivity index (χ2v) is 6.87. The summed E-state index contributed by atoms with van der Waals surface area (Å²) in [6.45, 7) is 5.04. The molecule has 2 aromatic carbocycles. The van der Waals surface area contributed by atoms with E-state index in [4.69, 9.17) is 10.5 Å². The number of carbonyl (C=O) groups is 1. The van der Waals surface area contributed by atoms with Crippen molar-refractivity contribution in [1.29, 1.82) is 0 Å². The maximum absolute atomic E-state index is 13.2. The lowest BCUT2D eigenvalue weighted by atomic mass is 10.0. The summed E-state index contributed by atoms with van der Waals surface area (Å²) in [7, 11) is 1.78. The predicted octanol–water partition coefficient (Wildman–Crippen LogP) is 4.27. The Morgan fingerprint density at radius 3 is 2.56 bits per heavy atom. The first-order valence-electron chi connectivity index (χ1n) is 8.85. The van der Waals surface area contributed by atoms with Crippen LogP contribution in [-0.4, -0.2) is 30.4 Å². The molecular formula is C21H28ClFN2O2. The fraction of sp³-hybridized carbons (Fsp3) is 0.381. The molecule has 2 aromatic rings. The van der Waals surface area contributed by atoms with Crippen LogP contribution < -0.4 is 10.5 Å². The van der Waals surface area contributed by atoms with Crippen LogP contribution in [-0.2, 0) is 6.61 Å². The number of carbonyl (C=O) groups excluding carboxylic acids is 1. The largest absolute Gasteiger partial charge is 0.489 e. The van der Waals surface area contributed by atoms with Crippen LogP contribution in [0.4, 0.5) is 4.39 Å². The Bertz CT molecular complexity index is 740. The van der Waals surface area contributed by atoms with Crippen molar-refractivity contribution in [3.63, 3.8) is 0 Å². The lowest BCUT2D eigenvalue weighted by Crippen LogP contribution is -2.34. The molecule has 0 aromatic heterocycles. The van der Waals surface area contributed by atoms with E-state index in [1.807, 2.05) is 12.1 Å². The van der Waals surface area contributed by atoms with Crippen LogP contribution in [0.15, 0.2) is 48.5 Å². The van der Waals surface area contributed by atoms with E-state index in [9.17, 15) is 9.18 Å². The fourth-order valence-electron chi connectivity index (χ4n) is 2.52. The number of hydrogen-bond donors (Lipinski definition) is 1. The Morgan fingerprint density at radius 2 is 1.89 bits per heavy atom. The Balaban J connectivity index is 0.00000364. The van der Waals surface area contributed by atoms with E-state index >= 15 is 0 Å². The van der Waals surface area contributed by atoms with Gasteiger partial charge in [0, 0.05) is 31.3 Å². The van der Waals surface area contributed by atoms with Gasteiger partial charge in [0.05, 0.1) is 0 Å². The van der Waals surface area contributed by atoms with Crippen LogP contribution >= 0.6 is 12.4 Å². The summed E-state index contributed by atoms with van der Waals surface area (Å²) in [5.41, 5.74) is 7.51. The van der Waals surface area contributed by atoms with Crippen molar-refractivity contribution in [2.24, 2.45) is 11.7 Å². The lowest BCUT2D eigenvalue weighted by molar-refractivity contribution is 0.0789. The Morgan fingerprint density at radius 1 is 1.19 bits per heavy atom. The van der Waals surface area contributed by atoms with Crippen molar-refractivity contribution < 1.29 is 13.9 Å². The highest BCUT2D eigenvalue weighted by Gasteiger charge is 2.15. The van der Waals surface area contributed by atoms with Crippen LogP contribution in [0.3, 0.4) is 0 Å². The molecule has 0 aliphatic rings. The highest BCUT2D eigenvalue weighted by atomic mass is 35.5. The van der Waals surface area contributed by atoms with Crippen LogP contribution in [0, 0.1) is 11.7 Å². The topological polar surface area (TPSA) is 55.6 Å². The van der Waals surface area contributed by atoms with Gasteiger partial charge >= 0.3 is 0 Å². The second-order valence-electron chi connectivity index (χ2n) is 6.87. The van der Waals surface area contributed by atoms with Crippen LogP contribution in [0.1, 0.15) is 36.2 Å². The van der Waals surface area contributed by atoms with E-state index in [2.05, 4.69) is 13.8 Å². The summed E-state index contributed by atoms with van der Waals surface area (Å²) in [6, 6.07) is 13.4. The van der Waals surface area contributed by atoms with E-state index in [-0.39, 0.29) is 36.8 Å². The van der Waals surface area contributed by atoms with Crippen molar-refractivity contribution in [2.75, 3.05) is 13.6 Å². The molecule has 0 heterocycles. The van der Waals surface area contributed by atoms with E-state index < -0.39 is 0 Å². The van der Waals surface area contributed by atoms with Gasteiger partial charge in [0.2, 0.25) is 0 Å². The van der Waals surface area contributed by atoms with Gasteiger partial charge < -0.3 is 15.4 Å². The molecule has 1 amide bonds. The maximum Gasteiger partial charge on any atom is 0.253 e. The smallest absolute Gasteiger partial charge is 0.253 e. The predicted molar refractivity (Wildman–Crippen MR) is 109 cm³/mol. The van der Waals surface area contributed by atoms with Gasteiger partial charge in [0.1, 0.15) is 18.2 Å². The minimum atomic E-state index is -0.340. The molecule has 6 heteroatoms. The normalized spacial score (nSPS) is 11.6. The summed E-state index contributed by atoms with van der Waals surface area (Å²) < 4.78 is 18.8. The van der Waals surface area contributed by atoms with Gasteiger partial charge in [-0.1, -0.05) is 32.0 Å². The first-order chi connectivity index (χ1) is 12.4. The number of nitrogens with two attached hydrogens (primary N) is 1. The van der Waals surface area contributed by atoms with Gasteiger partial charge in [-0.05, 0) is 42.2 Å². The summed E-state index contributed by atoms with van der Waals surface area (Å²) in [5.74, 6) is 0.463. The zero-order chi connectivity index (χ0) is 19.1. The van der Waals surface area contributed by atoms with Crippen molar-refractivity contribution in [1.82, 2.24) is 4.90 Å². The molecule has 27 heavy (non-hydrogen) atoms. The van der Waals surface area contributed by atoms with Crippen molar-refractivity contribution >= 4 is 18.3 Å². The molecule has 2 N–H and O–H groups in total. The number of halogens is 2. The Kier molecular flexibility index (Phi) is 9.26. The van der Waals surface area contributed by atoms with Gasteiger partial charge in [-0.15, -0.1) is 12.4 Å². The fourth-order valence-corrected chi connectivity index (χ4v) is 2.52. The maximum atomic E-state index is 13.2. The third-order valence-electron chi connectivity index (χ3n) is 4.38. The standard InChI is InChI=1S/C21H27FN2O2.ClH/c1-15(2)20(23)10-11-24(3)21(25)17-7-4-6-16(12-17)14-26-19-9-5-8-18(22)13-19;/h4-9,12-13,15,20H,10-11,14,23H2,1-3H3;1H. The minimum absolute atomic E-state index is 0. The summed E-state index contributed by atoms with van der Waals surface area (Å²) in [6.07, 6.45) is 0.766. The number of ether oxygens (including phenoxy) is 1. The molecule has 1 unspecified atom stereocenters. The zero-order valence-electron chi connectivity index (χ0n) is 16.0. The molecule has 1 atom stereocenters. The molecule has 0 spiro atoms. The van der Waals surface area contributed by atoms with Gasteiger partial charge in [-0.2, -0.15) is 0 Å². The molecule has 4 nitrogen and oxygen atoms in total. The molecule has 0 fully saturated rings. The van der Waals surface area contributed by atoms with Crippen molar-refractivity contribution in [3.05, 3.63) is 65.5 Å². The zero-order valence-corrected chi connectivity index (χ0v) is 16.8. The van der Waals surface area contributed by atoms with Gasteiger partial charge in [-0.3, -0.25) is 4.79 Å². The molecule has 0 aliphatic carbocycles. The van der Waals surface area contributed by atoms with Gasteiger partial charge in [-0.25, -0.2) is 4.39 Å². The second kappa shape index (κ2) is 10.9. The van der Waals surface area contributed by atoms with E-state index in [0.29, 0.717) is 23.8 Å². The Hall–Kier alpha value is -2.11. The van der Waals surface area contributed by atoms with Crippen LogP contribution in [0.25, 0.3) is 0 Å². The monoisotopic (exact) mass is 394 g/mol. The quantitative estimate of drug-likeness (QED) is 0.727. The molecule has 0 bridgehead atoms. The molecule has 2 rings (SSSR count). The number of hydrogen-bond acceptors (Lipinski definition) is 3. The van der Waals surface area contributed by atoms with E-state index in [1.54, 1.807) is 36.2 Å². The summed E-state index contributed by atoms with van der Waals surface area (Å²) in [5, 5.41) is 0. The lowest BCUT2D eigenvalue weighted by Gasteiger charge is -2.21. The SMILES string of the molecule is CC(C)C(N)CCN(C)C(=O)c1cccc(COc2cccc(F)c2)c1.Cl. The van der Waals surface area contributed by atoms with Crippen molar-refractivity contribution in [3.8, 4) is 5.75 Å². The minimum Gasteiger partial charge on any atom is -0.489 e. The third kappa shape index (κ3) is 7.19. The highest BCUT2D eigenvalue weighted by Crippen LogP contribution is 2.15. The van der Waals surface area contributed by atoms with Crippen LogP contribution in [0.2, 0.25) is 0 Å². The molecule has 0 saturated heterocycles. The first-order valence-corrected chi connectivity index (χ1v) is 8.85. The van der Waals surface area contributed by atoms with Gasteiger partial charge in [0.25, 0.3) is 5.91 Å². The molecule has 0 saturated carbocycles. The first kappa shape index (κ1) is 22.9. The highest BCUT2D eigenvalue weighted by molar-refractivity contribution is 5.94. The summed E-state index contributed by atoms with van der Waals surface area (Å²) in [4.78, 5) is 14.3. The van der Waals surface area contributed by atoms with Gasteiger partial charge in [0.15, 0.2) is 0 Å². The molecular weight excluding hydrogens is 367 g/mol. The molecule has 0 radical (unpaired) electrons. The number of amides is 1. The third-order valence-corrected chi connectivity index (χ3v) is 4.38. The number of nitrogens with zero attached hydrogens (tertiary/aromatic N) is 1. The van der Waals surface area contributed by atoms with E-state index in [1.165, 1.54) is 12.1 Å². The molecule has 148 valence electrons. The molecule has 0 aliphatic heterocycles. The number of rotatable bonds is 8. The number of benzene rings is 2. The van der Waals surface area contributed by atoms with E-state index in [0.717, 1.165) is 12.0 Å². The van der Waals surface area contributed by atoms with Crippen LogP contribution in [0.5, 0.6) is 5.75 Å².